The Morgan fingerprint density at radius 2 is 0.961 bits per heavy atom. The van der Waals surface area contributed by atoms with Gasteiger partial charge in [0.15, 0.2) is 28.2 Å². The molecule has 0 aromatic heterocycles. The van der Waals surface area contributed by atoms with Gasteiger partial charge in [-0.25, -0.2) is 0 Å². The Hall–Kier alpha value is -2.93. The average molecular weight is 743 g/mol. The molecule has 2 aromatic carbocycles. The molecule has 0 radical (unpaired) electrons. The summed E-state index contributed by atoms with van der Waals surface area (Å²) in [4.78, 5) is 49.9. The zero-order valence-electron chi connectivity index (χ0n) is 34.0. The minimum Gasteiger partial charge on any atom is -0.460 e. The first-order valence-corrected chi connectivity index (χ1v) is 23.9. The van der Waals surface area contributed by atoms with Gasteiger partial charge in [-0.1, -0.05) is 130 Å². The normalized spacial score (nSPS) is 14.2. The molecule has 0 heterocycles. The van der Waals surface area contributed by atoms with Crippen molar-refractivity contribution in [2.75, 3.05) is 0 Å². The number of ketones is 2. The Bertz CT molecular complexity index is 1390. The van der Waals surface area contributed by atoms with Gasteiger partial charge < -0.3 is 18.3 Å². The number of benzene rings is 2. The van der Waals surface area contributed by atoms with E-state index in [4.69, 9.17) is 18.3 Å². The lowest BCUT2D eigenvalue weighted by Gasteiger charge is -2.40. The highest BCUT2D eigenvalue weighted by Crippen LogP contribution is 2.39. The molecule has 10 heteroatoms. The molecule has 0 saturated carbocycles. The number of rotatable bonds is 16. The van der Waals surface area contributed by atoms with Gasteiger partial charge in [0.2, 0.25) is 0 Å². The monoisotopic (exact) mass is 742 g/mol. The molecule has 0 N–H and O–H groups in total. The molecule has 0 aliphatic heterocycles. The van der Waals surface area contributed by atoms with Gasteiger partial charge in [-0.15, -0.1) is 0 Å². The molecular weight excluding hydrogens is 677 g/mol. The van der Waals surface area contributed by atoms with E-state index in [-0.39, 0.29) is 53.1 Å². The van der Waals surface area contributed by atoms with Crippen molar-refractivity contribution in [1.29, 1.82) is 0 Å². The molecule has 8 nitrogen and oxygen atoms in total. The van der Waals surface area contributed by atoms with Gasteiger partial charge in [-0.2, -0.15) is 0 Å². The standard InChI is InChI=1S/C21H34O4Si.C20H32O4Si/c1-15(2)19(25-26(7,8)21(4,5)6)18(22)16(3)20(23)24-14-17-12-10-9-11-13-17;1-15(2)19(24-25(6,7)20(3,4)5)17(21)13-18(22)23-14-16-11-9-8-10-12-16/h9-13,15-16,19H,14H2,1-8H3;8-12,15,19H,13-14H2,1-7H3/t16?,19-;19-/m00/s1. The summed E-state index contributed by atoms with van der Waals surface area (Å²) in [5.74, 6) is -2.21. The van der Waals surface area contributed by atoms with E-state index < -0.39 is 46.7 Å². The van der Waals surface area contributed by atoms with Gasteiger partial charge in [0.25, 0.3) is 0 Å². The highest BCUT2D eigenvalue weighted by Gasteiger charge is 2.44. The van der Waals surface area contributed by atoms with Crippen LogP contribution >= 0.6 is 0 Å². The van der Waals surface area contributed by atoms with Crippen LogP contribution in [0.15, 0.2) is 60.7 Å². The van der Waals surface area contributed by atoms with Crippen LogP contribution in [0.1, 0.15) is 93.7 Å². The van der Waals surface area contributed by atoms with Crippen molar-refractivity contribution in [2.24, 2.45) is 17.8 Å². The van der Waals surface area contributed by atoms with Crippen LogP contribution in [0, 0.1) is 17.8 Å². The van der Waals surface area contributed by atoms with Crippen LogP contribution in [-0.2, 0) is 50.7 Å². The van der Waals surface area contributed by atoms with Crippen LogP contribution in [-0.4, -0.2) is 52.3 Å². The van der Waals surface area contributed by atoms with E-state index in [1.165, 1.54) is 0 Å². The molecule has 286 valence electrons. The van der Waals surface area contributed by atoms with Crippen molar-refractivity contribution in [1.82, 2.24) is 0 Å². The van der Waals surface area contributed by atoms with Gasteiger partial charge >= 0.3 is 11.9 Å². The van der Waals surface area contributed by atoms with Crippen LogP contribution in [0.25, 0.3) is 0 Å². The van der Waals surface area contributed by atoms with Crippen molar-refractivity contribution in [3.05, 3.63) is 71.8 Å². The van der Waals surface area contributed by atoms with Crippen molar-refractivity contribution in [2.45, 2.75) is 144 Å². The molecule has 3 atom stereocenters. The van der Waals surface area contributed by atoms with Gasteiger partial charge in [0, 0.05) is 0 Å². The third kappa shape index (κ3) is 15.3. The summed E-state index contributed by atoms with van der Waals surface area (Å²) >= 11 is 0. The van der Waals surface area contributed by atoms with Crippen LogP contribution in [0.5, 0.6) is 0 Å². The minimum atomic E-state index is -2.12. The largest absolute Gasteiger partial charge is 0.460 e. The lowest BCUT2D eigenvalue weighted by molar-refractivity contribution is -0.155. The van der Waals surface area contributed by atoms with Gasteiger partial charge in [0.05, 0.1) is 0 Å². The Morgan fingerprint density at radius 1 is 0.588 bits per heavy atom. The zero-order valence-corrected chi connectivity index (χ0v) is 36.0. The van der Waals surface area contributed by atoms with Crippen LogP contribution < -0.4 is 0 Å². The Morgan fingerprint density at radius 3 is 1.33 bits per heavy atom. The zero-order chi connectivity index (χ0) is 39.4. The fourth-order valence-electron chi connectivity index (χ4n) is 4.33. The van der Waals surface area contributed by atoms with Gasteiger partial charge in [-0.05, 0) is 66.2 Å². The number of carbonyl (C=O) groups excluding carboxylic acids is 4. The second kappa shape index (κ2) is 19.8. The second-order valence-electron chi connectivity index (χ2n) is 17.1. The smallest absolute Gasteiger partial charge is 0.316 e. The highest BCUT2D eigenvalue weighted by atomic mass is 28.4. The van der Waals surface area contributed by atoms with Crippen LogP contribution in [0.3, 0.4) is 0 Å². The summed E-state index contributed by atoms with van der Waals surface area (Å²) < 4.78 is 23.2. The number of hydrogen-bond donors (Lipinski definition) is 0. The van der Waals surface area contributed by atoms with Gasteiger partial charge in [-0.3, -0.25) is 19.2 Å². The molecule has 51 heavy (non-hydrogen) atoms. The van der Waals surface area contributed by atoms with Crippen molar-refractivity contribution >= 4 is 40.1 Å². The van der Waals surface area contributed by atoms with E-state index in [0.717, 1.165) is 11.1 Å². The maximum atomic E-state index is 12.9. The van der Waals surface area contributed by atoms with Crippen LogP contribution in [0.2, 0.25) is 36.3 Å². The predicted molar refractivity (Wildman–Crippen MR) is 210 cm³/mol. The summed E-state index contributed by atoms with van der Waals surface area (Å²) in [6, 6.07) is 18.9. The molecule has 2 rings (SSSR count). The Labute approximate surface area is 310 Å². The number of Topliss-reactive ketones (excluding diaryl/α,β-unsaturated/α-hetero) is 2. The summed E-state index contributed by atoms with van der Waals surface area (Å²) in [7, 11) is -4.21. The second-order valence-corrected chi connectivity index (χ2v) is 26.6. The maximum absolute atomic E-state index is 12.9. The first-order chi connectivity index (χ1) is 23.3. The number of carbonyl (C=O) groups is 4. The van der Waals surface area contributed by atoms with E-state index >= 15 is 0 Å². The molecule has 1 unspecified atom stereocenters. The first-order valence-electron chi connectivity index (χ1n) is 18.1. The summed E-state index contributed by atoms with van der Waals surface area (Å²) in [5, 5.41) is 0.00567. The van der Waals surface area contributed by atoms with Crippen molar-refractivity contribution in [3.63, 3.8) is 0 Å². The molecule has 0 fully saturated rings. The van der Waals surface area contributed by atoms with Crippen molar-refractivity contribution in [3.8, 4) is 0 Å². The Balaban J connectivity index is 0.000000510. The lowest BCUT2D eigenvalue weighted by atomic mass is 9.95. The fourth-order valence-corrected chi connectivity index (χ4v) is 7.10. The third-order valence-electron chi connectivity index (χ3n) is 9.83. The molecule has 0 aliphatic carbocycles. The number of hydrogen-bond acceptors (Lipinski definition) is 8. The summed E-state index contributed by atoms with van der Waals surface area (Å²) in [6.07, 6.45) is -1.40. The van der Waals surface area contributed by atoms with Gasteiger partial charge in [0.1, 0.15) is 37.8 Å². The van der Waals surface area contributed by atoms with E-state index in [0.29, 0.717) is 0 Å². The van der Waals surface area contributed by atoms with E-state index in [1.54, 1.807) is 6.92 Å². The molecule has 0 amide bonds. The van der Waals surface area contributed by atoms with Crippen LogP contribution in [0.4, 0.5) is 0 Å². The molecule has 0 aliphatic rings. The average Bonchev–Trinajstić information content (AvgIpc) is 3.03. The van der Waals surface area contributed by atoms with Crippen molar-refractivity contribution < 1.29 is 37.5 Å². The van der Waals surface area contributed by atoms with E-state index in [1.807, 2.05) is 88.4 Å². The molecule has 0 spiro atoms. The topological polar surface area (TPSA) is 105 Å². The first kappa shape index (κ1) is 46.1. The number of ether oxygens (including phenoxy) is 2. The molecule has 0 bridgehead atoms. The SMILES string of the molecule is CC(C(=O)OCc1ccccc1)C(=O)[C@@H](O[Si](C)(C)C(C)(C)C)C(C)C.CC(C)[C@H](O[Si](C)(C)C(C)(C)C)C(=O)CC(=O)OCc1ccccc1. The summed E-state index contributed by atoms with van der Waals surface area (Å²) in [5.41, 5.74) is 1.81. The number of esters is 2. The maximum Gasteiger partial charge on any atom is 0.316 e. The molecular formula is C41H66O8Si2. The molecule has 2 aromatic rings. The third-order valence-corrected chi connectivity index (χ3v) is 18.7. The lowest BCUT2D eigenvalue weighted by Crippen LogP contribution is -2.49. The predicted octanol–water partition coefficient (Wildman–Crippen LogP) is 9.72. The van der Waals surface area contributed by atoms with E-state index in [2.05, 4.69) is 67.7 Å². The summed E-state index contributed by atoms with van der Waals surface area (Å²) in [6.45, 7) is 31.1. The Kier molecular flexibility index (Phi) is 17.9. The quantitative estimate of drug-likeness (QED) is 0.0951. The van der Waals surface area contributed by atoms with E-state index in [9.17, 15) is 19.2 Å². The minimum absolute atomic E-state index is 0.000924. The molecule has 0 saturated heterocycles. The fraction of sp³-hybridized carbons (Fsp3) is 0.610. The highest BCUT2D eigenvalue weighted by molar-refractivity contribution is 6.74.